The third kappa shape index (κ3) is 3.43. The van der Waals surface area contributed by atoms with E-state index in [1.54, 1.807) is 24.3 Å². The van der Waals surface area contributed by atoms with Crippen molar-refractivity contribution in [3.05, 3.63) is 89.0 Å². The van der Waals surface area contributed by atoms with Crippen molar-refractivity contribution in [3.8, 4) is 17.2 Å². The fraction of sp³-hybridized carbons (Fsp3) is 0.333. The Hall–Kier alpha value is -2.94. The molecule has 3 aromatic carbocycles. The first kappa shape index (κ1) is 20.3. The van der Waals surface area contributed by atoms with Crippen LogP contribution in [0.5, 0.6) is 17.2 Å². The third-order valence-electron chi connectivity index (χ3n) is 6.56. The van der Waals surface area contributed by atoms with Crippen LogP contribution in [0.3, 0.4) is 0 Å². The maximum Gasteiger partial charge on any atom is 0.124 e. The number of aromatic hydroxyl groups is 2. The SMILES string of the molecule is CC1(C)CC(C)(c2ccc(O)cc2)c2ccc(C(C)(C)c3ccc(O)cc3)cc2O1. The predicted molar refractivity (Wildman–Crippen MR) is 121 cm³/mol. The summed E-state index contributed by atoms with van der Waals surface area (Å²) in [5.74, 6) is 1.46. The number of hydrogen-bond acceptors (Lipinski definition) is 3. The van der Waals surface area contributed by atoms with Gasteiger partial charge in [-0.25, -0.2) is 0 Å². The van der Waals surface area contributed by atoms with Crippen LogP contribution < -0.4 is 4.74 Å². The van der Waals surface area contributed by atoms with E-state index in [2.05, 4.69) is 52.8 Å². The van der Waals surface area contributed by atoms with E-state index < -0.39 is 0 Å². The minimum atomic E-state index is -0.319. The molecule has 0 spiro atoms. The van der Waals surface area contributed by atoms with E-state index in [1.807, 2.05) is 24.3 Å². The van der Waals surface area contributed by atoms with Crippen molar-refractivity contribution in [3.63, 3.8) is 0 Å². The van der Waals surface area contributed by atoms with Gasteiger partial charge in [0.05, 0.1) is 0 Å². The molecule has 2 N–H and O–H groups in total. The Morgan fingerprint density at radius 2 is 1.30 bits per heavy atom. The largest absolute Gasteiger partial charge is 0.508 e. The summed E-state index contributed by atoms with van der Waals surface area (Å²) < 4.78 is 6.46. The van der Waals surface area contributed by atoms with E-state index in [0.717, 1.165) is 28.9 Å². The van der Waals surface area contributed by atoms with Gasteiger partial charge in [-0.2, -0.15) is 0 Å². The lowest BCUT2D eigenvalue weighted by atomic mass is 9.67. The molecular formula is C27H30O3. The summed E-state index contributed by atoms with van der Waals surface area (Å²) in [7, 11) is 0. The third-order valence-corrected chi connectivity index (χ3v) is 6.56. The molecule has 1 aliphatic rings. The summed E-state index contributed by atoms with van der Waals surface area (Å²) in [6.45, 7) is 10.9. The van der Waals surface area contributed by atoms with Gasteiger partial charge in [0.15, 0.2) is 0 Å². The van der Waals surface area contributed by atoms with Crippen molar-refractivity contribution in [2.24, 2.45) is 0 Å². The molecule has 30 heavy (non-hydrogen) atoms. The van der Waals surface area contributed by atoms with Crippen LogP contribution in [0, 0.1) is 0 Å². The lowest BCUT2D eigenvalue weighted by Crippen LogP contribution is -2.43. The van der Waals surface area contributed by atoms with Crippen LogP contribution in [0.4, 0.5) is 0 Å². The van der Waals surface area contributed by atoms with E-state index in [4.69, 9.17) is 4.74 Å². The normalized spacial score (nSPS) is 20.3. The molecule has 0 bridgehead atoms. The fourth-order valence-electron chi connectivity index (χ4n) is 4.86. The summed E-state index contributed by atoms with van der Waals surface area (Å²) in [6, 6.07) is 21.5. The van der Waals surface area contributed by atoms with Crippen molar-refractivity contribution < 1.29 is 14.9 Å². The number of ether oxygens (including phenoxy) is 1. The van der Waals surface area contributed by atoms with Crippen molar-refractivity contribution in [1.82, 2.24) is 0 Å². The van der Waals surface area contributed by atoms with Crippen LogP contribution in [0.25, 0.3) is 0 Å². The van der Waals surface area contributed by atoms with E-state index in [9.17, 15) is 10.2 Å². The Labute approximate surface area is 179 Å². The van der Waals surface area contributed by atoms with E-state index >= 15 is 0 Å². The molecule has 3 aromatic rings. The molecule has 0 fully saturated rings. The monoisotopic (exact) mass is 402 g/mol. The first-order chi connectivity index (χ1) is 14.0. The number of phenolic OH excluding ortho intramolecular Hbond substituents is 2. The molecule has 1 aliphatic heterocycles. The quantitative estimate of drug-likeness (QED) is 0.541. The highest BCUT2D eigenvalue weighted by Gasteiger charge is 2.43. The van der Waals surface area contributed by atoms with Gasteiger partial charge in [-0.05, 0) is 60.9 Å². The highest BCUT2D eigenvalue weighted by Crippen LogP contribution is 2.50. The molecule has 0 saturated heterocycles. The van der Waals surface area contributed by atoms with E-state index in [0.29, 0.717) is 0 Å². The molecule has 0 amide bonds. The molecule has 0 aromatic heterocycles. The second-order valence-electron chi connectivity index (χ2n) is 9.80. The van der Waals surface area contributed by atoms with Crippen LogP contribution in [-0.2, 0) is 10.8 Å². The molecule has 0 aliphatic carbocycles. The topological polar surface area (TPSA) is 49.7 Å². The standard InChI is InChI=1S/C27H30O3/c1-25(2)17-27(5,19-8-13-22(29)14-9-19)23-15-10-20(16-24(23)30-25)26(3,4)18-6-11-21(28)12-7-18/h6-16,28-29H,17H2,1-5H3. The summed E-state index contributed by atoms with van der Waals surface area (Å²) in [6.07, 6.45) is 0.846. The average Bonchev–Trinajstić information content (AvgIpc) is 2.67. The van der Waals surface area contributed by atoms with E-state index in [-0.39, 0.29) is 27.9 Å². The summed E-state index contributed by atoms with van der Waals surface area (Å²) in [5, 5.41) is 19.4. The van der Waals surface area contributed by atoms with Gasteiger partial charge in [0.25, 0.3) is 0 Å². The zero-order valence-electron chi connectivity index (χ0n) is 18.4. The molecule has 3 heteroatoms. The fourth-order valence-corrected chi connectivity index (χ4v) is 4.86. The molecule has 1 heterocycles. The Balaban J connectivity index is 1.82. The Kier molecular flexibility index (Phi) is 4.61. The van der Waals surface area contributed by atoms with Crippen LogP contribution in [0.1, 0.15) is 63.3 Å². The maximum atomic E-state index is 9.75. The van der Waals surface area contributed by atoms with Crippen molar-refractivity contribution >= 4 is 0 Å². The van der Waals surface area contributed by atoms with Gasteiger partial charge in [0.1, 0.15) is 22.8 Å². The van der Waals surface area contributed by atoms with E-state index in [1.165, 1.54) is 5.56 Å². The molecule has 156 valence electrons. The summed E-state index contributed by atoms with van der Waals surface area (Å²) >= 11 is 0. The lowest BCUT2D eigenvalue weighted by Gasteiger charge is -2.45. The van der Waals surface area contributed by atoms with Gasteiger partial charge in [0, 0.05) is 22.8 Å². The number of rotatable bonds is 3. The van der Waals surface area contributed by atoms with Crippen molar-refractivity contribution in [2.75, 3.05) is 0 Å². The van der Waals surface area contributed by atoms with Crippen LogP contribution >= 0.6 is 0 Å². The van der Waals surface area contributed by atoms with Gasteiger partial charge in [-0.1, -0.05) is 57.2 Å². The smallest absolute Gasteiger partial charge is 0.124 e. The number of phenols is 2. The number of benzene rings is 3. The predicted octanol–water partition coefficient (Wildman–Crippen LogP) is 6.29. The second-order valence-corrected chi connectivity index (χ2v) is 9.80. The van der Waals surface area contributed by atoms with Gasteiger partial charge in [-0.15, -0.1) is 0 Å². The average molecular weight is 403 g/mol. The first-order valence-electron chi connectivity index (χ1n) is 10.4. The van der Waals surface area contributed by atoms with Gasteiger partial charge in [0.2, 0.25) is 0 Å². The van der Waals surface area contributed by atoms with Crippen LogP contribution in [0.2, 0.25) is 0 Å². The molecular weight excluding hydrogens is 372 g/mol. The van der Waals surface area contributed by atoms with Crippen LogP contribution in [-0.4, -0.2) is 15.8 Å². The number of fused-ring (bicyclic) bond motifs is 1. The second kappa shape index (κ2) is 6.80. The number of hydrogen-bond donors (Lipinski definition) is 2. The van der Waals surface area contributed by atoms with Gasteiger partial charge in [-0.3, -0.25) is 0 Å². The Bertz CT molecular complexity index is 1060. The molecule has 3 nitrogen and oxygen atoms in total. The highest BCUT2D eigenvalue weighted by molar-refractivity contribution is 5.53. The maximum absolute atomic E-state index is 9.75. The van der Waals surface area contributed by atoms with Crippen molar-refractivity contribution in [2.45, 2.75) is 57.5 Å². The van der Waals surface area contributed by atoms with Crippen LogP contribution in [0.15, 0.2) is 66.7 Å². The molecule has 1 atom stereocenters. The summed E-state index contributed by atoms with van der Waals surface area (Å²) in [5.41, 5.74) is 3.87. The molecule has 0 saturated carbocycles. The zero-order chi connectivity index (χ0) is 21.7. The minimum Gasteiger partial charge on any atom is -0.508 e. The Morgan fingerprint density at radius 3 is 1.90 bits per heavy atom. The summed E-state index contributed by atoms with van der Waals surface area (Å²) in [4.78, 5) is 0. The zero-order valence-corrected chi connectivity index (χ0v) is 18.4. The van der Waals surface area contributed by atoms with Gasteiger partial charge < -0.3 is 14.9 Å². The molecule has 1 unspecified atom stereocenters. The lowest BCUT2D eigenvalue weighted by molar-refractivity contribution is 0.0581. The van der Waals surface area contributed by atoms with Crippen molar-refractivity contribution in [1.29, 1.82) is 0 Å². The van der Waals surface area contributed by atoms with Gasteiger partial charge >= 0.3 is 0 Å². The highest BCUT2D eigenvalue weighted by atomic mass is 16.5. The molecule has 0 radical (unpaired) electrons. The molecule has 4 rings (SSSR count). The Morgan fingerprint density at radius 1 is 0.767 bits per heavy atom. The minimum absolute atomic E-state index is 0.216. The first-order valence-corrected chi connectivity index (χ1v) is 10.4.